The van der Waals surface area contributed by atoms with Crippen molar-refractivity contribution >= 4 is 5.69 Å². The monoisotopic (exact) mass is 262 g/mol. The van der Waals surface area contributed by atoms with Crippen molar-refractivity contribution in [2.24, 2.45) is 5.73 Å². The van der Waals surface area contributed by atoms with Crippen LogP contribution in [0.25, 0.3) is 0 Å². The summed E-state index contributed by atoms with van der Waals surface area (Å²) in [6.45, 7) is 2.03. The van der Waals surface area contributed by atoms with Crippen LogP contribution in [-0.2, 0) is 0 Å². The van der Waals surface area contributed by atoms with Gasteiger partial charge in [-0.1, -0.05) is 24.3 Å². The van der Waals surface area contributed by atoms with Crippen molar-refractivity contribution in [3.8, 4) is 0 Å². The maximum absolute atomic E-state index is 13.8. The van der Waals surface area contributed by atoms with E-state index in [0.29, 0.717) is 0 Å². The van der Waals surface area contributed by atoms with E-state index in [4.69, 9.17) is 5.73 Å². The average molecular weight is 262 g/mol. The summed E-state index contributed by atoms with van der Waals surface area (Å²) in [5.41, 5.74) is 7.44. The molecule has 0 bridgehead atoms. The van der Waals surface area contributed by atoms with E-state index in [2.05, 4.69) is 5.32 Å². The van der Waals surface area contributed by atoms with Crippen molar-refractivity contribution in [1.29, 1.82) is 0 Å². The zero-order valence-electron chi connectivity index (χ0n) is 10.7. The Morgan fingerprint density at radius 2 is 1.68 bits per heavy atom. The Morgan fingerprint density at radius 3 is 2.26 bits per heavy atom. The van der Waals surface area contributed by atoms with Crippen LogP contribution in [0, 0.1) is 18.6 Å². The summed E-state index contributed by atoms with van der Waals surface area (Å²) in [6, 6.07) is 10.8. The lowest BCUT2D eigenvalue weighted by Crippen LogP contribution is -2.23. The zero-order chi connectivity index (χ0) is 13.8. The fourth-order valence-corrected chi connectivity index (χ4v) is 2.02. The van der Waals surface area contributed by atoms with E-state index in [9.17, 15) is 8.78 Å². The van der Waals surface area contributed by atoms with Gasteiger partial charge in [0.1, 0.15) is 11.6 Å². The number of benzene rings is 2. The topological polar surface area (TPSA) is 38.0 Å². The van der Waals surface area contributed by atoms with Crippen LogP contribution >= 0.6 is 0 Å². The molecule has 2 rings (SSSR count). The molecule has 100 valence electrons. The van der Waals surface area contributed by atoms with Crippen LogP contribution in [0.4, 0.5) is 14.5 Å². The minimum absolute atomic E-state index is 0.0201. The van der Waals surface area contributed by atoms with Crippen LogP contribution in [-0.4, -0.2) is 6.54 Å². The van der Waals surface area contributed by atoms with Gasteiger partial charge in [0.15, 0.2) is 0 Å². The molecular formula is C15H16F2N2. The third-order valence-electron chi connectivity index (χ3n) is 3.06. The van der Waals surface area contributed by atoms with Gasteiger partial charge in [0.2, 0.25) is 0 Å². The highest BCUT2D eigenvalue weighted by atomic mass is 19.1. The fraction of sp³-hybridized carbons (Fsp3) is 0.200. The molecule has 0 heterocycles. The van der Waals surface area contributed by atoms with Gasteiger partial charge < -0.3 is 11.1 Å². The summed E-state index contributed by atoms with van der Waals surface area (Å²) >= 11 is 0. The summed E-state index contributed by atoms with van der Waals surface area (Å²) < 4.78 is 27.5. The summed E-state index contributed by atoms with van der Waals surface area (Å²) in [7, 11) is 0. The predicted octanol–water partition coefficient (Wildman–Crippen LogP) is 3.39. The smallest absolute Gasteiger partial charge is 0.131 e. The number of aryl methyl sites for hydroxylation is 1. The lowest BCUT2D eigenvalue weighted by molar-refractivity contribution is 0.537. The van der Waals surface area contributed by atoms with Crippen LogP contribution in [0.3, 0.4) is 0 Å². The van der Waals surface area contributed by atoms with Crippen molar-refractivity contribution in [1.82, 2.24) is 0 Å². The number of para-hydroxylation sites is 1. The van der Waals surface area contributed by atoms with E-state index in [1.165, 1.54) is 18.2 Å². The SMILES string of the molecule is Cc1ccccc1NC(CN)c1c(F)cccc1F. The third kappa shape index (κ3) is 2.90. The molecule has 1 atom stereocenters. The molecule has 0 aliphatic heterocycles. The molecule has 2 aromatic rings. The molecule has 4 heteroatoms. The molecule has 0 amide bonds. The Morgan fingerprint density at radius 1 is 1.05 bits per heavy atom. The van der Waals surface area contributed by atoms with Crippen molar-refractivity contribution in [2.45, 2.75) is 13.0 Å². The van der Waals surface area contributed by atoms with Crippen LogP contribution in [0.1, 0.15) is 17.2 Å². The highest BCUT2D eigenvalue weighted by Gasteiger charge is 2.19. The van der Waals surface area contributed by atoms with E-state index < -0.39 is 17.7 Å². The molecule has 1 unspecified atom stereocenters. The van der Waals surface area contributed by atoms with Crippen molar-refractivity contribution in [2.75, 3.05) is 11.9 Å². The van der Waals surface area contributed by atoms with Crippen LogP contribution in [0.5, 0.6) is 0 Å². The van der Waals surface area contributed by atoms with Gasteiger partial charge in [-0.3, -0.25) is 0 Å². The van der Waals surface area contributed by atoms with Crippen LogP contribution in [0.2, 0.25) is 0 Å². The van der Waals surface area contributed by atoms with E-state index in [0.717, 1.165) is 11.3 Å². The molecule has 19 heavy (non-hydrogen) atoms. The number of nitrogens with two attached hydrogens (primary N) is 1. The average Bonchev–Trinajstić information content (AvgIpc) is 2.39. The minimum Gasteiger partial charge on any atom is -0.377 e. The lowest BCUT2D eigenvalue weighted by atomic mass is 10.0. The predicted molar refractivity (Wildman–Crippen MR) is 73.0 cm³/mol. The molecule has 0 saturated carbocycles. The number of halogens is 2. The molecule has 0 radical (unpaired) electrons. The Bertz CT molecular complexity index is 550. The summed E-state index contributed by atoms with van der Waals surface area (Å²) in [5, 5.41) is 3.09. The molecule has 2 nitrogen and oxygen atoms in total. The number of anilines is 1. The fourth-order valence-electron chi connectivity index (χ4n) is 2.02. The molecular weight excluding hydrogens is 246 g/mol. The zero-order valence-corrected chi connectivity index (χ0v) is 10.7. The molecule has 0 spiro atoms. The maximum Gasteiger partial charge on any atom is 0.131 e. The highest BCUT2D eigenvalue weighted by molar-refractivity contribution is 5.52. The molecule has 0 aliphatic carbocycles. The Kier molecular flexibility index (Phi) is 4.12. The van der Waals surface area contributed by atoms with Crippen molar-refractivity contribution in [3.05, 3.63) is 65.2 Å². The second kappa shape index (κ2) is 5.80. The Balaban J connectivity index is 2.34. The first-order valence-corrected chi connectivity index (χ1v) is 6.09. The van der Waals surface area contributed by atoms with Gasteiger partial charge in [-0.2, -0.15) is 0 Å². The summed E-state index contributed by atoms with van der Waals surface area (Å²) in [6.07, 6.45) is 0. The van der Waals surface area contributed by atoms with E-state index in [1.807, 2.05) is 31.2 Å². The lowest BCUT2D eigenvalue weighted by Gasteiger charge is -2.21. The first-order valence-electron chi connectivity index (χ1n) is 6.09. The van der Waals surface area contributed by atoms with Gasteiger partial charge in [-0.15, -0.1) is 0 Å². The Hall–Kier alpha value is -1.94. The van der Waals surface area contributed by atoms with E-state index >= 15 is 0 Å². The molecule has 0 fully saturated rings. The maximum atomic E-state index is 13.8. The van der Waals surface area contributed by atoms with Gasteiger partial charge in [0.25, 0.3) is 0 Å². The molecule has 0 aromatic heterocycles. The van der Waals surface area contributed by atoms with Crippen molar-refractivity contribution in [3.63, 3.8) is 0 Å². The van der Waals surface area contributed by atoms with Gasteiger partial charge in [0, 0.05) is 17.8 Å². The number of rotatable bonds is 4. The summed E-state index contributed by atoms with van der Waals surface area (Å²) in [5.74, 6) is -1.17. The van der Waals surface area contributed by atoms with Gasteiger partial charge in [-0.25, -0.2) is 8.78 Å². The minimum atomic E-state index is -0.595. The van der Waals surface area contributed by atoms with E-state index in [1.54, 1.807) is 0 Å². The molecule has 0 saturated heterocycles. The number of hydrogen-bond donors (Lipinski definition) is 2. The van der Waals surface area contributed by atoms with Crippen molar-refractivity contribution < 1.29 is 8.78 Å². The normalized spacial score (nSPS) is 12.2. The standard InChI is InChI=1S/C15H16F2N2/c1-10-5-2-3-8-13(10)19-14(9-18)15-11(16)6-4-7-12(15)17/h2-8,14,19H,9,18H2,1H3. The highest BCUT2D eigenvalue weighted by Crippen LogP contribution is 2.25. The second-order valence-corrected chi connectivity index (χ2v) is 4.38. The number of nitrogens with one attached hydrogen (secondary N) is 1. The number of hydrogen-bond acceptors (Lipinski definition) is 2. The molecule has 3 N–H and O–H groups in total. The van der Waals surface area contributed by atoms with Crippen LogP contribution in [0.15, 0.2) is 42.5 Å². The molecule has 2 aromatic carbocycles. The third-order valence-corrected chi connectivity index (χ3v) is 3.06. The van der Waals surface area contributed by atoms with Crippen LogP contribution < -0.4 is 11.1 Å². The molecule has 0 aliphatic rings. The Labute approximate surface area is 111 Å². The van der Waals surface area contributed by atoms with Gasteiger partial charge in [0.05, 0.1) is 6.04 Å². The van der Waals surface area contributed by atoms with Gasteiger partial charge >= 0.3 is 0 Å². The first kappa shape index (κ1) is 13.5. The summed E-state index contributed by atoms with van der Waals surface area (Å²) in [4.78, 5) is 0. The quantitative estimate of drug-likeness (QED) is 0.886. The largest absolute Gasteiger partial charge is 0.377 e. The second-order valence-electron chi connectivity index (χ2n) is 4.38. The first-order chi connectivity index (χ1) is 9.13. The van der Waals surface area contributed by atoms with E-state index in [-0.39, 0.29) is 12.1 Å². The van der Waals surface area contributed by atoms with Gasteiger partial charge in [-0.05, 0) is 30.7 Å².